The molecule has 2 rings (SSSR count). The smallest absolute Gasteiger partial charge is 0.0935 e. The molecule has 1 aliphatic heterocycles. The van der Waals surface area contributed by atoms with Crippen LogP contribution in [0, 0.1) is 0 Å². The third kappa shape index (κ3) is 3.17. The second-order valence-electron chi connectivity index (χ2n) is 5.37. The van der Waals surface area contributed by atoms with Gasteiger partial charge in [-0.05, 0) is 31.4 Å². The first-order chi connectivity index (χ1) is 9.20. The molecule has 1 aromatic heterocycles. The molecule has 5 heteroatoms. The van der Waals surface area contributed by atoms with E-state index >= 15 is 0 Å². The van der Waals surface area contributed by atoms with Crippen molar-refractivity contribution in [2.24, 2.45) is 5.84 Å². The van der Waals surface area contributed by atoms with Crippen LogP contribution in [-0.2, 0) is 11.2 Å². The van der Waals surface area contributed by atoms with Crippen molar-refractivity contribution < 1.29 is 9.15 Å². The first kappa shape index (κ1) is 14.5. The van der Waals surface area contributed by atoms with Gasteiger partial charge >= 0.3 is 0 Å². The van der Waals surface area contributed by atoms with Crippen LogP contribution in [0.3, 0.4) is 0 Å². The summed E-state index contributed by atoms with van der Waals surface area (Å²) in [4.78, 5) is 2.49. The summed E-state index contributed by atoms with van der Waals surface area (Å²) in [5.41, 5.74) is 4.21. The van der Waals surface area contributed by atoms with Gasteiger partial charge in [0, 0.05) is 24.7 Å². The van der Waals surface area contributed by atoms with Crippen LogP contribution in [0.25, 0.3) is 0 Å². The van der Waals surface area contributed by atoms with Crippen LogP contribution in [0.1, 0.15) is 25.8 Å². The summed E-state index contributed by atoms with van der Waals surface area (Å²) in [5, 5.41) is 0. The van der Waals surface area contributed by atoms with Crippen LogP contribution in [0.2, 0.25) is 0 Å². The maximum Gasteiger partial charge on any atom is 0.0935 e. The quantitative estimate of drug-likeness (QED) is 0.598. The van der Waals surface area contributed by atoms with Gasteiger partial charge in [0.15, 0.2) is 0 Å². The average molecular weight is 267 g/mol. The zero-order valence-corrected chi connectivity index (χ0v) is 11.9. The highest BCUT2D eigenvalue weighted by molar-refractivity contribution is 5.11. The lowest BCUT2D eigenvalue weighted by atomic mass is 9.84. The molecule has 1 saturated heterocycles. The zero-order valence-electron chi connectivity index (χ0n) is 11.9. The Balaban J connectivity index is 2.11. The Morgan fingerprint density at radius 1 is 1.47 bits per heavy atom. The SMILES string of the molecule is CCC(C)(C(Cc1ccoc1)NN)N1CCOCC1. The van der Waals surface area contributed by atoms with Crippen molar-refractivity contribution >= 4 is 0 Å². The van der Waals surface area contributed by atoms with Crippen molar-refractivity contribution in [3.05, 3.63) is 24.2 Å². The molecular formula is C14H25N3O2. The number of ether oxygens (including phenoxy) is 1. The van der Waals surface area contributed by atoms with Gasteiger partial charge in [0.25, 0.3) is 0 Å². The van der Waals surface area contributed by atoms with Gasteiger partial charge in [0.1, 0.15) is 0 Å². The van der Waals surface area contributed by atoms with E-state index in [1.807, 2.05) is 6.07 Å². The number of morpholine rings is 1. The van der Waals surface area contributed by atoms with Gasteiger partial charge in [0.2, 0.25) is 0 Å². The molecule has 0 bridgehead atoms. The van der Waals surface area contributed by atoms with E-state index in [1.165, 1.54) is 5.56 Å². The van der Waals surface area contributed by atoms with Crippen molar-refractivity contribution in [3.8, 4) is 0 Å². The molecule has 0 amide bonds. The molecule has 0 aliphatic carbocycles. The summed E-state index contributed by atoms with van der Waals surface area (Å²) in [6.07, 6.45) is 5.41. The molecule has 3 N–H and O–H groups in total. The predicted octanol–water partition coefficient (Wildman–Crippen LogP) is 1.15. The highest BCUT2D eigenvalue weighted by Crippen LogP contribution is 2.27. The Kier molecular flexibility index (Phi) is 4.99. The molecule has 2 unspecified atom stereocenters. The molecular weight excluding hydrogens is 242 g/mol. The number of hydrazine groups is 1. The monoisotopic (exact) mass is 267 g/mol. The van der Waals surface area contributed by atoms with Crippen LogP contribution in [0.15, 0.2) is 23.0 Å². The summed E-state index contributed by atoms with van der Waals surface area (Å²) in [6, 6.07) is 2.19. The number of furan rings is 1. The van der Waals surface area contributed by atoms with Crippen molar-refractivity contribution in [1.29, 1.82) is 0 Å². The molecule has 1 aromatic rings. The lowest BCUT2D eigenvalue weighted by Gasteiger charge is -2.47. The first-order valence-corrected chi connectivity index (χ1v) is 7.00. The normalized spacial score (nSPS) is 22.1. The summed E-state index contributed by atoms with van der Waals surface area (Å²) < 4.78 is 10.6. The number of nitrogens with one attached hydrogen (secondary N) is 1. The van der Waals surface area contributed by atoms with Crippen molar-refractivity contribution in [2.75, 3.05) is 26.3 Å². The topological polar surface area (TPSA) is 63.7 Å². The Morgan fingerprint density at radius 2 is 2.21 bits per heavy atom. The van der Waals surface area contributed by atoms with E-state index in [1.54, 1.807) is 12.5 Å². The highest BCUT2D eigenvalue weighted by Gasteiger charge is 2.38. The minimum Gasteiger partial charge on any atom is -0.472 e. The second kappa shape index (κ2) is 6.52. The van der Waals surface area contributed by atoms with E-state index in [2.05, 4.69) is 24.2 Å². The summed E-state index contributed by atoms with van der Waals surface area (Å²) in [5.74, 6) is 5.82. The van der Waals surface area contributed by atoms with Gasteiger partial charge in [0.05, 0.1) is 25.7 Å². The summed E-state index contributed by atoms with van der Waals surface area (Å²) >= 11 is 0. The molecule has 5 nitrogen and oxygen atoms in total. The standard InChI is InChI=1S/C14H25N3O2/c1-3-14(2,17-5-8-18-9-6-17)13(16-15)10-12-4-7-19-11-12/h4,7,11,13,16H,3,5-6,8-10,15H2,1-2H3. The molecule has 2 heterocycles. The number of hydrogen-bond acceptors (Lipinski definition) is 5. The average Bonchev–Trinajstić information content (AvgIpc) is 2.98. The Morgan fingerprint density at radius 3 is 2.74 bits per heavy atom. The van der Waals surface area contributed by atoms with Gasteiger partial charge in [-0.15, -0.1) is 0 Å². The van der Waals surface area contributed by atoms with Gasteiger partial charge < -0.3 is 9.15 Å². The van der Waals surface area contributed by atoms with Crippen LogP contribution in [0.5, 0.6) is 0 Å². The van der Waals surface area contributed by atoms with Gasteiger partial charge in [-0.2, -0.15) is 0 Å². The minimum atomic E-state index is 0.0236. The van der Waals surface area contributed by atoms with Crippen LogP contribution >= 0.6 is 0 Å². The Labute approximate surface area is 115 Å². The Bertz CT molecular complexity index is 363. The van der Waals surface area contributed by atoms with Crippen LogP contribution < -0.4 is 11.3 Å². The first-order valence-electron chi connectivity index (χ1n) is 7.00. The number of nitrogens with zero attached hydrogens (tertiary/aromatic N) is 1. The van der Waals surface area contributed by atoms with E-state index in [4.69, 9.17) is 15.0 Å². The minimum absolute atomic E-state index is 0.0236. The molecule has 19 heavy (non-hydrogen) atoms. The predicted molar refractivity (Wildman–Crippen MR) is 74.6 cm³/mol. The fourth-order valence-electron chi connectivity index (χ4n) is 2.87. The Hall–Kier alpha value is -0.880. The highest BCUT2D eigenvalue weighted by atomic mass is 16.5. The van der Waals surface area contributed by atoms with Gasteiger partial charge in [-0.3, -0.25) is 16.2 Å². The molecule has 0 saturated carbocycles. The molecule has 1 aliphatic rings. The fourth-order valence-corrected chi connectivity index (χ4v) is 2.87. The maximum atomic E-state index is 5.82. The third-order valence-electron chi connectivity index (χ3n) is 4.42. The lowest BCUT2D eigenvalue weighted by molar-refractivity contribution is -0.0323. The molecule has 108 valence electrons. The van der Waals surface area contributed by atoms with Crippen LogP contribution in [0.4, 0.5) is 0 Å². The fraction of sp³-hybridized carbons (Fsp3) is 0.714. The third-order valence-corrected chi connectivity index (χ3v) is 4.42. The van der Waals surface area contributed by atoms with Crippen molar-refractivity contribution in [3.63, 3.8) is 0 Å². The summed E-state index contributed by atoms with van der Waals surface area (Å²) in [7, 11) is 0. The molecule has 0 aromatic carbocycles. The maximum absolute atomic E-state index is 5.82. The largest absolute Gasteiger partial charge is 0.472 e. The molecule has 1 fully saturated rings. The lowest BCUT2D eigenvalue weighted by Crippen LogP contribution is -2.63. The van der Waals surface area contributed by atoms with Gasteiger partial charge in [-0.25, -0.2) is 0 Å². The van der Waals surface area contributed by atoms with E-state index < -0.39 is 0 Å². The summed E-state index contributed by atoms with van der Waals surface area (Å²) in [6.45, 7) is 8.04. The van der Waals surface area contributed by atoms with Gasteiger partial charge in [-0.1, -0.05) is 6.92 Å². The molecule has 0 spiro atoms. The van der Waals surface area contributed by atoms with E-state index in [9.17, 15) is 0 Å². The molecule has 0 radical (unpaired) electrons. The van der Waals surface area contributed by atoms with Crippen molar-refractivity contribution in [2.45, 2.75) is 38.3 Å². The van der Waals surface area contributed by atoms with E-state index in [0.717, 1.165) is 39.1 Å². The van der Waals surface area contributed by atoms with Crippen molar-refractivity contribution in [1.82, 2.24) is 10.3 Å². The van der Waals surface area contributed by atoms with E-state index in [0.29, 0.717) is 0 Å². The number of nitrogens with two attached hydrogens (primary N) is 1. The number of hydrogen-bond donors (Lipinski definition) is 2. The zero-order chi connectivity index (χ0) is 13.7. The molecule has 2 atom stereocenters. The second-order valence-corrected chi connectivity index (χ2v) is 5.37. The van der Waals surface area contributed by atoms with E-state index in [-0.39, 0.29) is 11.6 Å². The number of rotatable bonds is 6. The van der Waals surface area contributed by atoms with Crippen LogP contribution in [-0.4, -0.2) is 42.8 Å².